The lowest BCUT2D eigenvalue weighted by atomic mass is 10.0. The van der Waals surface area contributed by atoms with Crippen LogP contribution in [0.25, 0.3) is 0 Å². The number of carbonyl (C=O) groups excluding carboxylic acids is 1. The van der Waals surface area contributed by atoms with Gasteiger partial charge in [-0.25, -0.2) is 4.79 Å². The Morgan fingerprint density at radius 1 is 1.47 bits per heavy atom. The third-order valence-corrected chi connectivity index (χ3v) is 2.51. The van der Waals surface area contributed by atoms with Crippen LogP contribution in [0.1, 0.15) is 40.0 Å². The molecule has 90 valence electrons. The largest absolute Gasteiger partial charge is 0.441 e. The fourth-order valence-corrected chi connectivity index (χ4v) is 1.32. The van der Waals surface area contributed by atoms with Crippen LogP contribution in [0.15, 0.2) is 0 Å². The first-order chi connectivity index (χ1) is 6.99. The molecular weight excluding hydrogens is 196 g/mol. The maximum absolute atomic E-state index is 11.3. The molecule has 5 nitrogen and oxygen atoms in total. The SMILES string of the molecule is CCCCCN(C(=O)OO)C(C)(C)CN. The third kappa shape index (κ3) is 4.48. The second-order valence-electron chi connectivity index (χ2n) is 4.23. The van der Waals surface area contributed by atoms with E-state index in [0.717, 1.165) is 19.3 Å². The monoisotopic (exact) mass is 218 g/mol. The topological polar surface area (TPSA) is 75.8 Å². The Labute approximate surface area is 91.1 Å². The molecule has 0 atom stereocenters. The van der Waals surface area contributed by atoms with Gasteiger partial charge >= 0.3 is 6.09 Å². The lowest BCUT2D eigenvalue weighted by Crippen LogP contribution is -2.52. The summed E-state index contributed by atoms with van der Waals surface area (Å²) in [7, 11) is 0. The van der Waals surface area contributed by atoms with Gasteiger partial charge in [-0.3, -0.25) is 9.79 Å². The van der Waals surface area contributed by atoms with Crippen molar-refractivity contribution >= 4 is 6.09 Å². The smallest absolute Gasteiger partial charge is 0.328 e. The van der Waals surface area contributed by atoms with Crippen LogP contribution in [-0.4, -0.2) is 34.9 Å². The van der Waals surface area contributed by atoms with Crippen molar-refractivity contribution in [3.05, 3.63) is 0 Å². The van der Waals surface area contributed by atoms with Gasteiger partial charge in [0, 0.05) is 13.1 Å². The highest BCUT2D eigenvalue weighted by molar-refractivity contribution is 5.67. The molecule has 0 radical (unpaired) electrons. The molecule has 15 heavy (non-hydrogen) atoms. The standard InChI is InChI=1S/C10H22N2O3/c1-4-5-6-7-12(9(13)15-14)10(2,3)8-11/h14H,4-8,11H2,1-3H3. The first-order valence-electron chi connectivity index (χ1n) is 5.32. The van der Waals surface area contributed by atoms with Crippen molar-refractivity contribution in [2.75, 3.05) is 13.1 Å². The summed E-state index contributed by atoms with van der Waals surface area (Å²) in [6.07, 6.45) is 2.26. The highest BCUT2D eigenvalue weighted by Crippen LogP contribution is 2.15. The predicted molar refractivity (Wildman–Crippen MR) is 58.5 cm³/mol. The molecule has 0 saturated heterocycles. The van der Waals surface area contributed by atoms with Gasteiger partial charge in [-0.1, -0.05) is 19.8 Å². The Morgan fingerprint density at radius 3 is 2.47 bits per heavy atom. The highest BCUT2D eigenvalue weighted by Gasteiger charge is 2.30. The Morgan fingerprint density at radius 2 is 2.07 bits per heavy atom. The fourth-order valence-electron chi connectivity index (χ4n) is 1.32. The third-order valence-electron chi connectivity index (χ3n) is 2.51. The lowest BCUT2D eigenvalue weighted by Gasteiger charge is -2.35. The van der Waals surface area contributed by atoms with Gasteiger partial charge in [0.25, 0.3) is 0 Å². The van der Waals surface area contributed by atoms with Gasteiger partial charge in [0.2, 0.25) is 0 Å². The van der Waals surface area contributed by atoms with E-state index in [4.69, 9.17) is 11.0 Å². The number of amides is 1. The molecule has 0 aromatic rings. The quantitative estimate of drug-likeness (QED) is 0.405. The van der Waals surface area contributed by atoms with Gasteiger partial charge in [0.1, 0.15) is 0 Å². The van der Waals surface area contributed by atoms with Gasteiger partial charge in [-0.15, -0.1) is 0 Å². The second kappa shape index (κ2) is 6.63. The molecular formula is C10H22N2O3. The number of hydrogen-bond donors (Lipinski definition) is 2. The second-order valence-corrected chi connectivity index (χ2v) is 4.23. The van der Waals surface area contributed by atoms with Crippen LogP contribution in [0.3, 0.4) is 0 Å². The number of unbranched alkanes of at least 4 members (excludes halogenated alkanes) is 2. The highest BCUT2D eigenvalue weighted by atomic mass is 17.1. The van der Waals surface area contributed by atoms with Crippen molar-refractivity contribution in [2.24, 2.45) is 5.73 Å². The zero-order valence-corrected chi connectivity index (χ0v) is 9.82. The summed E-state index contributed by atoms with van der Waals surface area (Å²) in [6, 6.07) is 0. The molecule has 0 aromatic heterocycles. The first kappa shape index (κ1) is 14.2. The van der Waals surface area contributed by atoms with Gasteiger partial charge in [-0.2, -0.15) is 5.26 Å². The minimum atomic E-state index is -0.735. The average molecular weight is 218 g/mol. The normalized spacial score (nSPS) is 11.3. The minimum absolute atomic E-state index is 0.328. The van der Waals surface area contributed by atoms with E-state index < -0.39 is 11.6 Å². The number of hydrogen-bond acceptors (Lipinski definition) is 4. The van der Waals surface area contributed by atoms with Crippen molar-refractivity contribution in [1.82, 2.24) is 4.90 Å². The average Bonchev–Trinajstić information content (AvgIpc) is 2.23. The van der Waals surface area contributed by atoms with Gasteiger partial charge in [-0.05, 0) is 20.3 Å². The van der Waals surface area contributed by atoms with Crippen molar-refractivity contribution in [3.8, 4) is 0 Å². The van der Waals surface area contributed by atoms with E-state index in [0.29, 0.717) is 13.1 Å². The van der Waals surface area contributed by atoms with Crippen molar-refractivity contribution in [3.63, 3.8) is 0 Å². The summed E-state index contributed by atoms with van der Waals surface area (Å²) < 4.78 is 0. The van der Waals surface area contributed by atoms with Crippen LogP contribution in [0.4, 0.5) is 4.79 Å². The maximum atomic E-state index is 11.3. The summed E-state index contributed by atoms with van der Waals surface area (Å²) in [5.74, 6) is 0. The summed E-state index contributed by atoms with van der Waals surface area (Å²) in [6.45, 7) is 6.65. The van der Waals surface area contributed by atoms with Gasteiger partial charge < -0.3 is 5.73 Å². The van der Waals surface area contributed by atoms with Crippen molar-refractivity contribution in [1.29, 1.82) is 0 Å². The molecule has 0 aromatic carbocycles. The number of nitrogens with two attached hydrogens (primary N) is 1. The molecule has 0 spiro atoms. The molecule has 0 saturated carbocycles. The summed E-state index contributed by atoms with van der Waals surface area (Å²) >= 11 is 0. The number of carbonyl (C=O) groups is 1. The van der Waals surface area contributed by atoms with Crippen molar-refractivity contribution in [2.45, 2.75) is 45.6 Å². The van der Waals surface area contributed by atoms with E-state index in [1.165, 1.54) is 4.90 Å². The van der Waals surface area contributed by atoms with Crippen molar-refractivity contribution < 1.29 is 14.9 Å². The Bertz CT molecular complexity index is 195. The van der Waals surface area contributed by atoms with E-state index in [1.807, 2.05) is 13.8 Å². The van der Waals surface area contributed by atoms with E-state index in [2.05, 4.69) is 11.8 Å². The summed E-state index contributed by atoms with van der Waals surface area (Å²) in [5.41, 5.74) is 5.08. The molecule has 3 N–H and O–H groups in total. The summed E-state index contributed by atoms with van der Waals surface area (Å²) in [4.78, 5) is 16.5. The number of rotatable bonds is 6. The molecule has 0 fully saturated rings. The van der Waals surface area contributed by atoms with Crippen LogP contribution in [0.2, 0.25) is 0 Å². The number of nitrogens with zero attached hydrogens (tertiary/aromatic N) is 1. The molecule has 0 aliphatic rings. The Hall–Kier alpha value is -0.810. The molecule has 5 heteroatoms. The van der Waals surface area contributed by atoms with Crippen LogP contribution >= 0.6 is 0 Å². The van der Waals surface area contributed by atoms with Crippen LogP contribution in [0.5, 0.6) is 0 Å². The van der Waals surface area contributed by atoms with E-state index in [1.54, 1.807) is 0 Å². The van der Waals surface area contributed by atoms with Crippen LogP contribution < -0.4 is 5.73 Å². The minimum Gasteiger partial charge on any atom is -0.328 e. The molecule has 0 bridgehead atoms. The van der Waals surface area contributed by atoms with E-state index >= 15 is 0 Å². The lowest BCUT2D eigenvalue weighted by molar-refractivity contribution is -0.192. The molecule has 0 heterocycles. The van der Waals surface area contributed by atoms with E-state index in [-0.39, 0.29) is 0 Å². The molecule has 0 unspecified atom stereocenters. The van der Waals surface area contributed by atoms with Crippen LogP contribution in [-0.2, 0) is 4.89 Å². The molecule has 1 amide bonds. The molecule has 0 aliphatic carbocycles. The zero-order valence-electron chi connectivity index (χ0n) is 9.82. The zero-order chi connectivity index (χ0) is 11.9. The summed E-state index contributed by atoms with van der Waals surface area (Å²) in [5, 5.41) is 8.39. The Balaban J connectivity index is 4.38. The van der Waals surface area contributed by atoms with Crippen LogP contribution in [0, 0.1) is 0 Å². The predicted octanol–water partition coefficient (Wildman–Crippen LogP) is 1.83. The fraction of sp³-hybridized carbons (Fsp3) is 0.900. The van der Waals surface area contributed by atoms with Gasteiger partial charge in [0.15, 0.2) is 0 Å². The van der Waals surface area contributed by atoms with Gasteiger partial charge in [0.05, 0.1) is 5.54 Å². The first-order valence-corrected chi connectivity index (χ1v) is 5.32. The maximum Gasteiger partial charge on any atom is 0.441 e. The Kier molecular flexibility index (Phi) is 6.27. The molecule has 0 aliphatic heterocycles. The van der Waals surface area contributed by atoms with E-state index in [9.17, 15) is 4.79 Å². The molecule has 0 rings (SSSR count).